The second-order valence-corrected chi connectivity index (χ2v) is 10.1. The standard InChI is InChI=1S/C25H37N7O/c26-23-22-24(30-25(29-23)27-14-18-9-10-18)32(17-21(33)28-22)16-20-8-4-1-3-7-19(13-20)15-31-11-5-2-6-12-31/h3,7,13,18,20H,1-2,4-6,8-12,14-17H2,(H,28,33)(H3,26,27,29,30). The molecule has 1 saturated heterocycles. The molecular formula is C25H37N7O. The minimum absolute atomic E-state index is 0.0558. The molecule has 5 rings (SSSR count). The number of rotatable bonds is 7. The summed E-state index contributed by atoms with van der Waals surface area (Å²) in [7, 11) is 0. The number of allylic oxidation sites excluding steroid dienone is 1. The normalized spacial score (nSPS) is 23.9. The molecule has 0 radical (unpaired) electrons. The van der Waals surface area contributed by atoms with Crippen molar-refractivity contribution in [1.82, 2.24) is 14.9 Å². The van der Waals surface area contributed by atoms with Crippen LogP contribution in [0, 0.1) is 11.8 Å². The van der Waals surface area contributed by atoms with Gasteiger partial charge >= 0.3 is 0 Å². The fraction of sp³-hybridized carbons (Fsp3) is 0.640. The summed E-state index contributed by atoms with van der Waals surface area (Å²) in [5.74, 6) is 2.66. The number of hydrogen-bond donors (Lipinski definition) is 3. The minimum Gasteiger partial charge on any atom is -0.382 e. The minimum atomic E-state index is -0.0558. The Labute approximate surface area is 196 Å². The van der Waals surface area contributed by atoms with Crippen LogP contribution in [0.25, 0.3) is 0 Å². The van der Waals surface area contributed by atoms with Gasteiger partial charge in [-0.15, -0.1) is 0 Å². The lowest BCUT2D eigenvalue weighted by Crippen LogP contribution is -2.42. The molecular weight excluding hydrogens is 414 g/mol. The highest BCUT2D eigenvalue weighted by Crippen LogP contribution is 2.35. The molecule has 8 heteroatoms. The van der Waals surface area contributed by atoms with Crippen LogP contribution in [-0.2, 0) is 4.79 Å². The molecule has 1 unspecified atom stereocenters. The first kappa shape index (κ1) is 22.2. The van der Waals surface area contributed by atoms with Crippen molar-refractivity contribution in [3.63, 3.8) is 0 Å². The van der Waals surface area contributed by atoms with Crippen LogP contribution in [0.15, 0.2) is 23.8 Å². The lowest BCUT2D eigenvalue weighted by molar-refractivity contribution is -0.115. The van der Waals surface area contributed by atoms with Gasteiger partial charge in [-0.3, -0.25) is 9.69 Å². The number of likely N-dealkylation sites (tertiary alicyclic amines) is 1. The average Bonchev–Trinajstić information content (AvgIpc) is 3.61. The molecule has 2 aliphatic carbocycles. The summed E-state index contributed by atoms with van der Waals surface area (Å²) in [5, 5.41) is 6.23. The molecule has 1 amide bonds. The highest BCUT2D eigenvalue weighted by Gasteiger charge is 2.29. The Morgan fingerprint density at radius 2 is 1.97 bits per heavy atom. The van der Waals surface area contributed by atoms with Crippen molar-refractivity contribution in [1.29, 1.82) is 0 Å². The third-order valence-corrected chi connectivity index (χ3v) is 7.10. The molecule has 2 aliphatic heterocycles. The fourth-order valence-electron chi connectivity index (χ4n) is 5.11. The molecule has 4 N–H and O–H groups in total. The number of anilines is 4. The van der Waals surface area contributed by atoms with Crippen LogP contribution >= 0.6 is 0 Å². The van der Waals surface area contributed by atoms with Crippen molar-refractivity contribution >= 4 is 29.2 Å². The number of aromatic nitrogens is 2. The zero-order chi connectivity index (χ0) is 22.6. The molecule has 1 saturated carbocycles. The summed E-state index contributed by atoms with van der Waals surface area (Å²) in [4.78, 5) is 26.3. The van der Waals surface area contributed by atoms with Crippen LogP contribution < -0.4 is 21.3 Å². The largest absolute Gasteiger partial charge is 0.382 e. The van der Waals surface area contributed by atoms with Gasteiger partial charge < -0.3 is 21.3 Å². The van der Waals surface area contributed by atoms with Crippen LogP contribution in [0.1, 0.15) is 51.4 Å². The zero-order valence-corrected chi connectivity index (χ0v) is 19.6. The maximum atomic E-state index is 12.5. The van der Waals surface area contributed by atoms with E-state index in [1.165, 1.54) is 50.8 Å². The van der Waals surface area contributed by atoms with Crippen molar-refractivity contribution in [3.05, 3.63) is 23.8 Å². The van der Waals surface area contributed by atoms with Gasteiger partial charge in [0.2, 0.25) is 11.9 Å². The molecule has 8 nitrogen and oxygen atoms in total. The summed E-state index contributed by atoms with van der Waals surface area (Å²) in [6.07, 6.45) is 16.9. The topological polar surface area (TPSA) is 99.4 Å². The molecule has 1 aromatic heterocycles. The molecule has 2 fully saturated rings. The van der Waals surface area contributed by atoms with Crippen molar-refractivity contribution in [2.75, 3.05) is 60.5 Å². The number of nitrogens with zero attached hydrogens (tertiary/aromatic N) is 4. The Morgan fingerprint density at radius 3 is 2.79 bits per heavy atom. The van der Waals surface area contributed by atoms with E-state index in [-0.39, 0.29) is 5.91 Å². The Balaban J connectivity index is 1.34. The van der Waals surface area contributed by atoms with Crippen LogP contribution in [0.5, 0.6) is 0 Å². The lowest BCUT2D eigenvalue weighted by atomic mass is 9.94. The number of carbonyl (C=O) groups is 1. The third-order valence-electron chi connectivity index (χ3n) is 7.10. The first-order valence-electron chi connectivity index (χ1n) is 12.7. The number of nitrogen functional groups attached to an aromatic ring is 1. The van der Waals surface area contributed by atoms with E-state index in [0.29, 0.717) is 35.8 Å². The molecule has 1 atom stereocenters. The summed E-state index contributed by atoms with van der Waals surface area (Å²) >= 11 is 0. The van der Waals surface area contributed by atoms with E-state index in [0.717, 1.165) is 44.7 Å². The monoisotopic (exact) mass is 451 g/mol. The summed E-state index contributed by atoms with van der Waals surface area (Å²) in [6.45, 7) is 5.35. The summed E-state index contributed by atoms with van der Waals surface area (Å²) < 4.78 is 0. The summed E-state index contributed by atoms with van der Waals surface area (Å²) in [6, 6.07) is 0. The number of piperidine rings is 1. The number of nitrogens with one attached hydrogen (secondary N) is 2. The number of nitrogens with two attached hydrogens (primary N) is 1. The second-order valence-electron chi connectivity index (χ2n) is 10.1. The molecule has 3 heterocycles. The average molecular weight is 452 g/mol. The maximum absolute atomic E-state index is 12.5. The summed E-state index contributed by atoms with van der Waals surface area (Å²) in [5.41, 5.74) is 8.18. The van der Waals surface area contributed by atoms with Crippen molar-refractivity contribution in [3.8, 4) is 0 Å². The predicted molar refractivity (Wildman–Crippen MR) is 133 cm³/mol. The van der Waals surface area contributed by atoms with Gasteiger partial charge in [-0.2, -0.15) is 9.97 Å². The van der Waals surface area contributed by atoms with Crippen LogP contribution in [0.4, 0.5) is 23.3 Å². The lowest BCUT2D eigenvalue weighted by Gasteiger charge is -2.33. The van der Waals surface area contributed by atoms with Gasteiger partial charge in [0.1, 0.15) is 5.69 Å². The molecule has 0 bridgehead atoms. The van der Waals surface area contributed by atoms with Gasteiger partial charge in [-0.05, 0) is 75.4 Å². The molecule has 33 heavy (non-hydrogen) atoms. The maximum Gasteiger partial charge on any atom is 0.244 e. The molecule has 0 spiro atoms. The van der Waals surface area contributed by atoms with Crippen molar-refractivity contribution in [2.45, 2.75) is 51.4 Å². The smallest absolute Gasteiger partial charge is 0.244 e. The van der Waals surface area contributed by atoms with Gasteiger partial charge in [0.05, 0.1) is 6.54 Å². The number of fused-ring (bicyclic) bond motifs is 1. The zero-order valence-electron chi connectivity index (χ0n) is 19.6. The van der Waals surface area contributed by atoms with Gasteiger partial charge in [0, 0.05) is 19.6 Å². The molecule has 1 aromatic rings. The van der Waals surface area contributed by atoms with Crippen LogP contribution in [0.2, 0.25) is 0 Å². The second kappa shape index (κ2) is 10.1. The Bertz CT molecular complexity index is 918. The number of amides is 1. The fourth-order valence-corrected chi connectivity index (χ4v) is 5.11. The van der Waals surface area contributed by atoms with E-state index in [1.807, 2.05) is 0 Å². The Kier molecular flexibility index (Phi) is 6.80. The highest BCUT2D eigenvalue weighted by molar-refractivity contribution is 6.03. The first-order chi connectivity index (χ1) is 16.1. The van der Waals surface area contributed by atoms with E-state index in [4.69, 9.17) is 10.7 Å². The number of carbonyl (C=O) groups excluding carboxylic acids is 1. The number of hydrogen-bond acceptors (Lipinski definition) is 7. The van der Waals surface area contributed by atoms with Gasteiger partial charge in [0.15, 0.2) is 11.6 Å². The van der Waals surface area contributed by atoms with Gasteiger partial charge in [-0.1, -0.05) is 24.6 Å². The predicted octanol–water partition coefficient (Wildman–Crippen LogP) is 3.41. The SMILES string of the molecule is Nc1nc(NCC2CC2)nc2c1NC(=O)CN2CC1C=C(CN2CCCCC2)C=CCCC1. The Hall–Kier alpha value is -2.61. The highest BCUT2D eigenvalue weighted by atomic mass is 16.2. The molecule has 178 valence electrons. The van der Waals surface area contributed by atoms with Crippen molar-refractivity contribution < 1.29 is 4.79 Å². The van der Waals surface area contributed by atoms with E-state index in [9.17, 15) is 4.79 Å². The van der Waals surface area contributed by atoms with Gasteiger partial charge in [0.25, 0.3) is 0 Å². The van der Waals surface area contributed by atoms with E-state index < -0.39 is 0 Å². The van der Waals surface area contributed by atoms with E-state index in [2.05, 4.69) is 43.6 Å². The quantitative estimate of drug-likeness (QED) is 0.584. The third kappa shape index (κ3) is 5.85. The van der Waals surface area contributed by atoms with E-state index in [1.54, 1.807) is 0 Å². The Morgan fingerprint density at radius 1 is 1.12 bits per heavy atom. The van der Waals surface area contributed by atoms with E-state index >= 15 is 0 Å². The van der Waals surface area contributed by atoms with Gasteiger partial charge in [-0.25, -0.2) is 0 Å². The molecule has 0 aromatic carbocycles. The van der Waals surface area contributed by atoms with Crippen LogP contribution in [-0.4, -0.2) is 60.0 Å². The molecule has 4 aliphatic rings. The van der Waals surface area contributed by atoms with Crippen molar-refractivity contribution in [2.24, 2.45) is 11.8 Å². The first-order valence-corrected chi connectivity index (χ1v) is 12.7. The van der Waals surface area contributed by atoms with Crippen LogP contribution in [0.3, 0.4) is 0 Å².